The Bertz CT molecular complexity index is 74.6. The van der Waals surface area contributed by atoms with Crippen molar-refractivity contribution < 1.29 is 4.74 Å². The second-order valence-electron chi connectivity index (χ2n) is 1.45. The van der Waals surface area contributed by atoms with Gasteiger partial charge >= 0.3 is 0 Å². The molecular weight excluding hydrogens is 124 g/mol. The topological polar surface area (TPSA) is 9.23 Å². The molecule has 0 saturated carbocycles. The van der Waals surface area contributed by atoms with Gasteiger partial charge in [0.15, 0.2) is 0 Å². The van der Waals surface area contributed by atoms with Crippen molar-refractivity contribution in [3.8, 4) is 0 Å². The number of hydrogen-bond acceptors (Lipinski definition) is 1. The first-order valence-electron chi connectivity index (χ1n) is 2.67. The van der Waals surface area contributed by atoms with Gasteiger partial charge in [-0.1, -0.05) is 11.6 Å². The number of allylic oxidation sites excluding steroid dienone is 1. The monoisotopic (exact) mass is 134 g/mol. The van der Waals surface area contributed by atoms with Crippen LogP contribution in [0.2, 0.25) is 0 Å². The molecule has 0 aliphatic rings. The Morgan fingerprint density at radius 2 is 2.38 bits per heavy atom. The Kier molecular flexibility index (Phi) is 5.13. The standard InChI is InChI=1S/C6H11ClO/c1-3-8-5-4-6(2)7/h4H,3,5H2,1-2H3. The second-order valence-corrected chi connectivity index (χ2v) is 2.05. The lowest BCUT2D eigenvalue weighted by molar-refractivity contribution is 0.177. The Hall–Kier alpha value is -0.0100. The van der Waals surface area contributed by atoms with Gasteiger partial charge in [-0.2, -0.15) is 0 Å². The van der Waals surface area contributed by atoms with Gasteiger partial charge in [0, 0.05) is 11.6 Å². The fourth-order valence-corrected chi connectivity index (χ4v) is 0.355. The van der Waals surface area contributed by atoms with Crippen molar-refractivity contribution >= 4 is 11.6 Å². The van der Waals surface area contributed by atoms with Gasteiger partial charge in [0.1, 0.15) is 0 Å². The quantitative estimate of drug-likeness (QED) is 0.538. The predicted molar refractivity (Wildman–Crippen MR) is 36.1 cm³/mol. The molecule has 0 radical (unpaired) electrons. The first kappa shape index (κ1) is 7.99. The van der Waals surface area contributed by atoms with Gasteiger partial charge in [0.2, 0.25) is 0 Å². The smallest absolute Gasteiger partial charge is 0.0661 e. The van der Waals surface area contributed by atoms with Crippen LogP contribution in [0.1, 0.15) is 13.8 Å². The molecule has 0 aromatic heterocycles. The molecule has 0 heterocycles. The van der Waals surface area contributed by atoms with Crippen molar-refractivity contribution in [2.24, 2.45) is 0 Å². The van der Waals surface area contributed by atoms with Crippen LogP contribution in [-0.4, -0.2) is 13.2 Å². The zero-order valence-corrected chi connectivity index (χ0v) is 6.03. The van der Waals surface area contributed by atoms with E-state index < -0.39 is 0 Å². The average Bonchev–Trinajstić information content (AvgIpc) is 1.66. The van der Waals surface area contributed by atoms with E-state index in [4.69, 9.17) is 16.3 Å². The Labute approximate surface area is 55.3 Å². The van der Waals surface area contributed by atoms with Gasteiger partial charge in [-0.05, 0) is 19.9 Å². The zero-order valence-electron chi connectivity index (χ0n) is 5.28. The Balaban J connectivity index is 3.03. The van der Waals surface area contributed by atoms with Crippen LogP contribution in [0.4, 0.5) is 0 Å². The molecule has 0 aromatic carbocycles. The Morgan fingerprint density at radius 3 is 2.75 bits per heavy atom. The molecule has 48 valence electrons. The van der Waals surface area contributed by atoms with Crippen molar-refractivity contribution in [1.82, 2.24) is 0 Å². The maximum atomic E-state index is 5.49. The van der Waals surface area contributed by atoms with E-state index in [9.17, 15) is 0 Å². The van der Waals surface area contributed by atoms with Gasteiger partial charge in [0.05, 0.1) is 6.61 Å². The third-order valence-corrected chi connectivity index (χ3v) is 0.841. The third-order valence-electron chi connectivity index (χ3n) is 0.687. The van der Waals surface area contributed by atoms with Gasteiger partial charge in [0.25, 0.3) is 0 Å². The maximum absolute atomic E-state index is 5.49. The lowest BCUT2D eigenvalue weighted by Gasteiger charge is -1.91. The van der Waals surface area contributed by atoms with E-state index in [0.717, 1.165) is 11.6 Å². The number of ether oxygens (including phenoxy) is 1. The van der Waals surface area contributed by atoms with Crippen molar-refractivity contribution in [1.29, 1.82) is 0 Å². The molecule has 0 rings (SSSR count). The first-order chi connectivity index (χ1) is 3.77. The summed E-state index contributed by atoms with van der Waals surface area (Å²) in [5.74, 6) is 0. The molecule has 0 unspecified atom stereocenters. The Morgan fingerprint density at radius 1 is 1.75 bits per heavy atom. The fraction of sp³-hybridized carbons (Fsp3) is 0.667. The van der Waals surface area contributed by atoms with Gasteiger partial charge in [-0.3, -0.25) is 0 Å². The molecule has 0 N–H and O–H groups in total. The highest BCUT2D eigenvalue weighted by atomic mass is 35.5. The van der Waals surface area contributed by atoms with Crippen molar-refractivity contribution in [3.63, 3.8) is 0 Å². The highest BCUT2D eigenvalue weighted by molar-refractivity contribution is 6.29. The van der Waals surface area contributed by atoms with Crippen LogP contribution >= 0.6 is 11.6 Å². The molecule has 0 aliphatic heterocycles. The summed E-state index contributed by atoms with van der Waals surface area (Å²) in [7, 11) is 0. The summed E-state index contributed by atoms with van der Waals surface area (Å²) in [6.07, 6.45) is 1.84. The minimum atomic E-state index is 0.631. The first-order valence-corrected chi connectivity index (χ1v) is 3.05. The number of halogens is 1. The summed E-state index contributed by atoms with van der Waals surface area (Å²) in [4.78, 5) is 0. The highest BCUT2D eigenvalue weighted by Crippen LogP contribution is 1.96. The second kappa shape index (κ2) is 5.13. The van der Waals surface area contributed by atoms with E-state index in [1.807, 2.05) is 19.9 Å². The van der Waals surface area contributed by atoms with E-state index >= 15 is 0 Å². The molecule has 2 heteroatoms. The molecule has 0 atom stereocenters. The molecule has 0 aliphatic carbocycles. The molecule has 0 aromatic rings. The van der Waals surface area contributed by atoms with E-state index in [-0.39, 0.29) is 0 Å². The lowest BCUT2D eigenvalue weighted by atomic mass is 10.5. The van der Waals surface area contributed by atoms with Crippen LogP contribution < -0.4 is 0 Å². The molecule has 0 saturated heterocycles. The maximum Gasteiger partial charge on any atom is 0.0661 e. The van der Waals surface area contributed by atoms with E-state index in [1.165, 1.54) is 0 Å². The summed E-state index contributed by atoms with van der Waals surface area (Å²) in [6.45, 7) is 5.17. The number of hydrogen-bond donors (Lipinski definition) is 0. The van der Waals surface area contributed by atoms with Crippen LogP contribution in [0, 0.1) is 0 Å². The number of rotatable bonds is 3. The molecule has 0 spiro atoms. The van der Waals surface area contributed by atoms with Crippen molar-refractivity contribution in [2.45, 2.75) is 13.8 Å². The van der Waals surface area contributed by atoms with Crippen molar-refractivity contribution in [2.75, 3.05) is 13.2 Å². The zero-order chi connectivity index (χ0) is 6.41. The van der Waals surface area contributed by atoms with E-state index in [2.05, 4.69) is 0 Å². The fourth-order valence-electron chi connectivity index (χ4n) is 0.292. The van der Waals surface area contributed by atoms with Gasteiger partial charge in [-0.25, -0.2) is 0 Å². The van der Waals surface area contributed by atoms with Gasteiger partial charge in [-0.15, -0.1) is 0 Å². The van der Waals surface area contributed by atoms with E-state index in [0.29, 0.717) is 6.61 Å². The summed E-state index contributed by atoms with van der Waals surface area (Å²) in [5.41, 5.74) is 0. The van der Waals surface area contributed by atoms with Crippen LogP contribution in [-0.2, 0) is 4.74 Å². The minimum absolute atomic E-state index is 0.631. The van der Waals surface area contributed by atoms with E-state index in [1.54, 1.807) is 0 Å². The minimum Gasteiger partial charge on any atom is -0.378 e. The molecule has 0 bridgehead atoms. The average molecular weight is 135 g/mol. The van der Waals surface area contributed by atoms with Crippen molar-refractivity contribution in [3.05, 3.63) is 11.1 Å². The highest BCUT2D eigenvalue weighted by Gasteiger charge is 1.78. The molecule has 1 nitrogen and oxygen atoms in total. The van der Waals surface area contributed by atoms with Crippen LogP contribution in [0.3, 0.4) is 0 Å². The normalized spacial score (nSPS) is 12.1. The predicted octanol–water partition coefficient (Wildman–Crippen LogP) is 2.17. The van der Waals surface area contributed by atoms with Gasteiger partial charge < -0.3 is 4.74 Å². The largest absolute Gasteiger partial charge is 0.378 e. The molecule has 0 amide bonds. The SMILES string of the molecule is CCOCC=C(C)Cl. The summed E-state index contributed by atoms with van der Waals surface area (Å²) in [5, 5.41) is 0.790. The molecular formula is C6H11ClO. The van der Waals surface area contributed by atoms with Crippen LogP contribution in [0.5, 0.6) is 0 Å². The summed E-state index contributed by atoms with van der Waals surface area (Å²) >= 11 is 5.49. The lowest BCUT2D eigenvalue weighted by Crippen LogP contribution is -1.87. The summed E-state index contributed by atoms with van der Waals surface area (Å²) in [6, 6.07) is 0. The third kappa shape index (κ3) is 5.99. The summed E-state index contributed by atoms with van der Waals surface area (Å²) < 4.78 is 4.98. The molecule has 0 fully saturated rings. The molecule has 8 heavy (non-hydrogen) atoms. The van der Waals surface area contributed by atoms with Crippen LogP contribution in [0.15, 0.2) is 11.1 Å². The van der Waals surface area contributed by atoms with Crippen LogP contribution in [0.25, 0.3) is 0 Å².